The summed E-state index contributed by atoms with van der Waals surface area (Å²) >= 11 is 0. The van der Waals surface area contributed by atoms with Crippen molar-refractivity contribution in [1.29, 1.82) is 0 Å². The number of para-hydroxylation sites is 1. The quantitative estimate of drug-likeness (QED) is 0.387. The number of hydrogen-bond donors (Lipinski definition) is 0. The average molecular weight is 379 g/mol. The summed E-state index contributed by atoms with van der Waals surface area (Å²) in [5.74, 6) is 0. The predicted molar refractivity (Wildman–Crippen MR) is 110 cm³/mol. The van der Waals surface area contributed by atoms with E-state index in [9.17, 15) is 14.9 Å². The fourth-order valence-electron chi connectivity index (χ4n) is 2.99. The molecule has 0 saturated carbocycles. The smallest absolute Gasteiger partial charge is 0.297 e. The third kappa shape index (κ3) is 3.44. The molecule has 0 bridgehead atoms. The van der Waals surface area contributed by atoms with Crippen molar-refractivity contribution in [2.24, 2.45) is 12.0 Å². The third-order valence-corrected chi connectivity index (χ3v) is 4.54. The van der Waals surface area contributed by atoms with Gasteiger partial charge in [0.1, 0.15) is 5.69 Å². The molecule has 0 radical (unpaired) electrons. The van der Waals surface area contributed by atoms with Crippen LogP contribution in [0.1, 0.15) is 11.3 Å². The molecule has 0 amide bonds. The molecule has 28 heavy (non-hydrogen) atoms. The van der Waals surface area contributed by atoms with Crippen LogP contribution in [0.2, 0.25) is 0 Å². The summed E-state index contributed by atoms with van der Waals surface area (Å²) in [4.78, 5) is 29.8. The van der Waals surface area contributed by atoms with E-state index in [4.69, 9.17) is 0 Å². The van der Waals surface area contributed by atoms with E-state index >= 15 is 0 Å². The molecule has 0 spiro atoms. The highest BCUT2D eigenvalue weighted by molar-refractivity contribution is 5.85. The zero-order valence-corrected chi connectivity index (χ0v) is 16.2. The van der Waals surface area contributed by atoms with E-state index in [1.54, 1.807) is 47.5 Å². The molecule has 0 aliphatic rings. The first kappa shape index (κ1) is 19.1. The molecule has 0 N–H and O–H groups in total. The van der Waals surface area contributed by atoms with Crippen molar-refractivity contribution in [2.75, 3.05) is 19.0 Å². The van der Waals surface area contributed by atoms with Crippen molar-refractivity contribution in [1.82, 2.24) is 9.36 Å². The van der Waals surface area contributed by atoms with Crippen molar-refractivity contribution < 1.29 is 4.92 Å². The van der Waals surface area contributed by atoms with Gasteiger partial charge in [-0.1, -0.05) is 24.3 Å². The van der Waals surface area contributed by atoms with Gasteiger partial charge in [-0.15, -0.1) is 0 Å². The zero-order valence-electron chi connectivity index (χ0n) is 16.2. The lowest BCUT2D eigenvalue weighted by Crippen LogP contribution is -2.19. The van der Waals surface area contributed by atoms with Crippen molar-refractivity contribution in [3.05, 3.63) is 80.3 Å². The number of nitro groups is 1. The molecule has 3 rings (SSSR count). The largest absolute Gasteiger partial charge is 0.372 e. The third-order valence-electron chi connectivity index (χ3n) is 4.54. The molecule has 0 fully saturated rings. The molecule has 0 aliphatic carbocycles. The molecule has 2 aromatic carbocycles. The van der Waals surface area contributed by atoms with E-state index < -0.39 is 4.92 Å². The van der Waals surface area contributed by atoms with Crippen molar-refractivity contribution in [2.45, 2.75) is 6.92 Å². The second-order valence-electron chi connectivity index (χ2n) is 6.57. The van der Waals surface area contributed by atoms with Gasteiger partial charge in [-0.2, -0.15) is 0 Å². The Morgan fingerprint density at radius 1 is 1.14 bits per heavy atom. The Kier molecular flexibility index (Phi) is 5.12. The summed E-state index contributed by atoms with van der Waals surface area (Å²) < 4.78 is 3.28. The normalized spacial score (nSPS) is 11.1. The Hall–Kier alpha value is -3.68. The molecule has 0 aliphatic heterocycles. The van der Waals surface area contributed by atoms with E-state index in [0.717, 1.165) is 5.69 Å². The monoisotopic (exact) mass is 379 g/mol. The van der Waals surface area contributed by atoms with Gasteiger partial charge in [0.2, 0.25) is 0 Å². The summed E-state index contributed by atoms with van der Waals surface area (Å²) in [6.45, 7) is 1.81. The van der Waals surface area contributed by atoms with E-state index in [0.29, 0.717) is 22.6 Å². The van der Waals surface area contributed by atoms with Crippen LogP contribution in [-0.2, 0) is 7.05 Å². The number of aliphatic imine (C=N–C) groups is 1. The summed E-state index contributed by atoms with van der Waals surface area (Å²) in [6, 6.07) is 14.1. The zero-order chi connectivity index (χ0) is 20.4. The number of nitrogens with zero attached hydrogens (tertiary/aromatic N) is 5. The molecule has 8 nitrogen and oxygen atoms in total. The van der Waals surface area contributed by atoms with E-state index in [1.807, 2.05) is 37.3 Å². The standard InChI is InChI=1S/C20H21N5O3/c1-14-19(20(26)24(23(14)4)16-8-6-5-7-9-16)21-13-15-10-11-17(22(2)3)18(12-15)25(27)28/h5-13H,1-4H3. The first-order valence-electron chi connectivity index (χ1n) is 8.65. The fourth-order valence-corrected chi connectivity index (χ4v) is 2.99. The molecule has 144 valence electrons. The van der Waals surface area contributed by atoms with Gasteiger partial charge >= 0.3 is 0 Å². The summed E-state index contributed by atoms with van der Waals surface area (Å²) in [7, 11) is 5.28. The highest BCUT2D eigenvalue weighted by Crippen LogP contribution is 2.27. The second kappa shape index (κ2) is 7.51. The highest BCUT2D eigenvalue weighted by Gasteiger charge is 2.17. The lowest BCUT2D eigenvalue weighted by atomic mass is 10.1. The molecular formula is C20H21N5O3. The molecule has 8 heteroatoms. The molecule has 0 unspecified atom stereocenters. The van der Waals surface area contributed by atoms with Crippen LogP contribution < -0.4 is 10.5 Å². The predicted octanol–water partition coefficient (Wildman–Crippen LogP) is 3.21. The van der Waals surface area contributed by atoms with Gasteiger partial charge in [0.25, 0.3) is 11.2 Å². The minimum atomic E-state index is -0.428. The molecular weight excluding hydrogens is 358 g/mol. The van der Waals surface area contributed by atoms with Crippen LogP contribution in [0.4, 0.5) is 17.1 Å². The second-order valence-corrected chi connectivity index (χ2v) is 6.57. The number of benzene rings is 2. The number of nitro benzene ring substituents is 1. The number of anilines is 1. The maximum Gasteiger partial charge on any atom is 0.297 e. The lowest BCUT2D eigenvalue weighted by molar-refractivity contribution is -0.384. The van der Waals surface area contributed by atoms with Crippen LogP contribution >= 0.6 is 0 Å². The first-order chi connectivity index (χ1) is 13.3. The van der Waals surface area contributed by atoms with Crippen LogP contribution in [0, 0.1) is 17.0 Å². The van der Waals surface area contributed by atoms with Crippen molar-refractivity contribution in [3.63, 3.8) is 0 Å². The Morgan fingerprint density at radius 3 is 2.43 bits per heavy atom. The maximum absolute atomic E-state index is 12.9. The Balaban J connectivity index is 2.03. The number of aromatic nitrogens is 2. The van der Waals surface area contributed by atoms with Gasteiger partial charge < -0.3 is 4.90 Å². The Labute approximate surface area is 162 Å². The topological polar surface area (TPSA) is 85.7 Å². The van der Waals surface area contributed by atoms with Gasteiger partial charge in [-0.3, -0.25) is 19.6 Å². The number of hydrogen-bond acceptors (Lipinski definition) is 5. The van der Waals surface area contributed by atoms with Crippen LogP contribution in [-0.4, -0.2) is 34.6 Å². The Morgan fingerprint density at radius 2 is 1.82 bits per heavy atom. The fraction of sp³-hybridized carbons (Fsp3) is 0.200. The van der Waals surface area contributed by atoms with Gasteiger partial charge in [0.15, 0.2) is 5.69 Å². The Bertz CT molecular complexity index is 1110. The summed E-state index contributed by atoms with van der Waals surface area (Å²) in [6.07, 6.45) is 1.48. The summed E-state index contributed by atoms with van der Waals surface area (Å²) in [5, 5.41) is 11.3. The van der Waals surface area contributed by atoms with Gasteiger partial charge in [-0.05, 0) is 30.7 Å². The van der Waals surface area contributed by atoms with Gasteiger partial charge in [-0.25, -0.2) is 9.67 Å². The van der Waals surface area contributed by atoms with Gasteiger partial charge in [0.05, 0.1) is 16.3 Å². The SMILES string of the molecule is Cc1c(N=Cc2ccc(N(C)C)c([N+](=O)[O-])c2)c(=O)n(-c2ccccc2)n1C. The molecule has 1 heterocycles. The first-order valence-corrected chi connectivity index (χ1v) is 8.65. The molecule has 1 aromatic heterocycles. The molecule has 0 saturated heterocycles. The van der Waals surface area contributed by atoms with Crippen LogP contribution in [0.25, 0.3) is 5.69 Å². The van der Waals surface area contributed by atoms with Crippen molar-refractivity contribution >= 4 is 23.3 Å². The van der Waals surface area contributed by atoms with E-state index in [-0.39, 0.29) is 11.2 Å². The minimum absolute atomic E-state index is 0.0135. The van der Waals surface area contributed by atoms with E-state index in [2.05, 4.69) is 4.99 Å². The number of rotatable bonds is 5. The maximum atomic E-state index is 12.9. The highest BCUT2D eigenvalue weighted by atomic mass is 16.6. The molecule has 0 atom stereocenters. The summed E-state index contributed by atoms with van der Waals surface area (Å²) in [5.41, 5.74) is 2.53. The average Bonchev–Trinajstić information content (AvgIpc) is 2.89. The molecule has 3 aromatic rings. The van der Waals surface area contributed by atoms with Gasteiger partial charge in [0, 0.05) is 33.4 Å². The van der Waals surface area contributed by atoms with Crippen LogP contribution in [0.5, 0.6) is 0 Å². The van der Waals surface area contributed by atoms with Crippen LogP contribution in [0.15, 0.2) is 58.3 Å². The minimum Gasteiger partial charge on any atom is -0.372 e. The van der Waals surface area contributed by atoms with Crippen LogP contribution in [0.3, 0.4) is 0 Å². The van der Waals surface area contributed by atoms with Crippen molar-refractivity contribution in [3.8, 4) is 5.69 Å². The van der Waals surface area contributed by atoms with E-state index in [1.165, 1.54) is 12.3 Å². The lowest BCUT2D eigenvalue weighted by Gasteiger charge is -2.12.